The van der Waals surface area contributed by atoms with Gasteiger partial charge in [0.15, 0.2) is 0 Å². The summed E-state index contributed by atoms with van der Waals surface area (Å²) in [7, 11) is 0. The first kappa shape index (κ1) is 13.4. The van der Waals surface area contributed by atoms with Crippen molar-refractivity contribution in [2.45, 2.75) is 27.2 Å². The van der Waals surface area contributed by atoms with Crippen molar-refractivity contribution in [3.05, 3.63) is 0 Å². The van der Waals surface area contributed by atoms with Crippen LogP contribution in [0.15, 0.2) is 0 Å². The zero-order valence-corrected chi connectivity index (χ0v) is 9.20. The van der Waals surface area contributed by atoms with Crippen LogP contribution in [0.25, 0.3) is 0 Å². The van der Waals surface area contributed by atoms with Crippen molar-refractivity contribution in [1.29, 1.82) is 5.26 Å². The number of hydrogen-bond acceptors (Lipinski definition) is 5. The fraction of sp³-hybridized carbons (Fsp3) is 0.700. The Bertz CT molecular complexity index is 262. The second-order valence-corrected chi connectivity index (χ2v) is 2.81. The Kier molecular flexibility index (Phi) is 5.39. The van der Waals surface area contributed by atoms with Crippen LogP contribution in [0, 0.1) is 16.7 Å². The Morgan fingerprint density at radius 1 is 1.13 bits per heavy atom. The van der Waals surface area contributed by atoms with Gasteiger partial charge in [-0.1, -0.05) is 6.92 Å². The maximum Gasteiger partial charge on any atom is 0.338 e. The first-order valence-corrected chi connectivity index (χ1v) is 4.84. The van der Waals surface area contributed by atoms with Crippen molar-refractivity contribution in [3.63, 3.8) is 0 Å². The molecule has 0 aliphatic rings. The molecule has 5 nitrogen and oxygen atoms in total. The predicted molar refractivity (Wildman–Crippen MR) is 51.6 cm³/mol. The number of carbonyl (C=O) groups excluding carboxylic acids is 2. The van der Waals surface area contributed by atoms with E-state index in [-0.39, 0.29) is 19.6 Å². The van der Waals surface area contributed by atoms with Crippen molar-refractivity contribution >= 4 is 11.9 Å². The zero-order chi connectivity index (χ0) is 11.9. The summed E-state index contributed by atoms with van der Waals surface area (Å²) < 4.78 is 9.39. The largest absolute Gasteiger partial charge is 0.464 e. The standard InChI is InChI=1S/C10H15NO4/c1-4-10(7-11,8(12)14-5-2)9(13)15-6-3/h4-6H2,1-3H3. The average Bonchev–Trinajstić information content (AvgIpc) is 2.21. The van der Waals surface area contributed by atoms with Crippen LogP contribution < -0.4 is 0 Å². The van der Waals surface area contributed by atoms with Crippen LogP contribution in [0.1, 0.15) is 27.2 Å². The topological polar surface area (TPSA) is 76.4 Å². The van der Waals surface area contributed by atoms with Gasteiger partial charge in [0.2, 0.25) is 5.41 Å². The lowest BCUT2D eigenvalue weighted by molar-refractivity contribution is -0.167. The molecule has 84 valence electrons. The molecule has 0 heterocycles. The predicted octanol–water partition coefficient (Wildman–Crippen LogP) is 1.03. The molecule has 0 atom stereocenters. The first-order valence-electron chi connectivity index (χ1n) is 4.84. The number of ether oxygens (including phenoxy) is 2. The van der Waals surface area contributed by atoms with Crippen LogP contribution in [-0.2, 0) is 19.1 Å². The summed E-state index contributed by atoms with van der Waals surface area (Å²) in [5, 5.41) is 8.92. The molecule has 0 aromatic rings. The highest BCUT2D eigenvalue weighted by Crippen LogP contribution is 2.25. The normalized spacial score (nSPS) is 10.3. The van der Waals surface area contributed by atoms with E-state index in [1.54, 1.807) is 26.8 Å². The van der Waals surface area contributed by atoms with Gasteiger partial charge in [-0.25, -0.2) is 9.59 Å². The number of hydrogen-bond donors (Lipinski definition) is 0. The lowest BCUT2D eigenvalue weighted by atomic mass is 9.87. The molecule has 5 heteroatoms. The fourth-order valence-corrected chi connectivity index (χ4v) is 1.05. The summed E-state index contributed by atoms with van der Waals surface area (Å²) in [5.41, 5.74) is -1.81. The van der Waals surface area contributed by atoms with E-state index in [0.29, 0.717) is 0 Å². The van der Waals surface area contributed by atoms with E-state index in [1.807, 2.05) is 0 Å². The second kappa shape index (κ2) is 6.02. The van der Waals surface area contributed by atoms with Gasteiger partial charge < -0.3 is 9.47 Å². The molecule has 0 saturated carbocycles. The Labute approximate surface area is 89.0 Å². The van der Waals surface area contributed by atoms with Gasteiger partial charge in [-0.05, 0) is 20.3 Å². The highest BCUT2D eigenvalue weighted by molar-refractivity contribution is 6.03. The monoisotopic (exact) mass is 213 g/mol. The lowest BCUT2D eigenvalue weighted by Crippen LogP contribution is -2.40. The third kappa shape index (κ3) is 2.69. The molecule has 15 heavy (non-hydrogen) atoms. The molecule has 0 rings (SSSR count). The minimum Gasteiger partial charge on any atom is -0.464 e. The number of carbonyl (C=O) groups is 2. The molecular weight excluding hydrogens is 198 g/mol. The Hall–Kier alpha value is -1.57. The molecule has 0 aromatic carbocycles. The van der Waals surface area contributed by atoms with Gasteiger partial charge in [0.25, 0.3) is 0 Å². The van der Waals surface area contributed by atoms with Gasteiger partial charge >= 0.3 is 11.9 Å². The van der Waals surface area contributed by atoms with Crippen LogP contribution in [0.4, 0.5) is 0 Å². The van der Waals surface area contributed by atoms with Crippen molar-refractivity contribution in [2.24, 2.45) is 5.41 Å². The van der Waals surface area contributed by atoms with Crippen LogP contribution in [-0.4, -0.2) is 25.2 Å². The summed E-state index contributed by atoms with van der Waals surface area (Å²) in [6.45, 7) is 5.04. The number of nitrogens with zero attached hydrogens (tertiary/aromatic N) is 1. The van der Waals surface area contributed by atoms with Crippen molar-refractivity contribution < 1.29 is 19.1 Å². The molecule has 0 aliphatic carbocycles. The quantitative estimate of drug-likeness (QED) is 0.503. The number of rotatable bonds is 5. The van der Waals surface area contributed by atoms with Gasteiger partial charge in [0, 0.05) is 0 Å². The number of nitriles is 1. The summed E-state index contributed by atoms with van der Waals surface area (Å²) >= 11 is 0. The number of esters is 2. The van der Waals surface area contributed by atoms with Gasteiger partial charge in [-0.3, -0.25) is 0 Å². The minimum absolute atomic E-state index is 0.0428. The molecule has 0 amide bonds. The summed E-state index contributed by atoms with van der Waals surface area (Å²) in [6.07, 6.45) is 0.0428. The van der Waals surface area contributed by atoms with Gasteiger partial charge in [-0.2, -0.15) is 5.26 Å². The Balaban J connectivity index is 4.97. The van der Waals surface area contributed by atoms with E-state index in [0.717, 1.165) is 0 Å². The molecule has 0 aromatic heterocycles. The second-order valence-electron chi connectivity index (χ2n) is 2.81. The average molecular weight is 213 g/mol. The van der Waals surface area contributed by atoms with Crippen molar-refractivity contribution in [3.8, 4) is 6.07 Å². The maximum absolute atomic E-state index is 11.5. The van der Waals surface area contributed by atoms with Crippen LogP contribution >= 0.6 is 0 Å². The zero-order valence-electron chi connectivity index (χ0n) is 9.20. The molecule has 0 N–H and O–H groups in total. The molecule has 0 radical (unpaired) electrons. The molecule has 0 spiro atoms. The van der Waals surface area contributed by atoms with Gasteiger partial charge in [0.05, 0.1) is 19.3 Å². The van der Waals surface area contributed by atoms with Gasteiger partial charge in [-0.15, -0.1) is 0 Å². The lowest BCUT2D eigenvalue weighted by Gasteiger charge is -2.20. The van der Waals surface area contributed by atoms with Gasteiger partial charge in [0.1, 0.15) is 0 Å². The summed E-state index contributed by atoms with van der Waals surface area (Å²) in [6, 6.07) is 1.69. The van der Waals surface area contributed by atoms with E-state index < -0.39 is 17.4 Å². The van der Waals surface area contributed by atoms with E-state index in [2.05, 4.69) is 0 Å². The van der Waals surface area contributed by atoms with Crippen molar-refractivity contribution in [1.82, 2.24) is 0 Å². The van der Waals surface area contributed by atoms with E-state index in [1.165, 1.54) is 0 Å². The molecule has 0 fully saturated rings. The van der Waals surface area contributed by atoms with E-state index >= 15 is 0 Å². The maximum atomic E-state index is 11.5. The molecular formula is C10H15NO4. The van der Waals surface area contributed by atoms with Crippen LogP contribution in [0.5, 0.6) is 0 Å². The summed E-state index contributed by atoms with van der Waals surface area (Å²) in [4.78, 5) is 23.0. The van der Waals surface area contributed by atoms with E-state index in [4.69, 9.17) is 14.7 Å². The van der Waals surface area contributed by atoms with Crippen molar-refractivity contribution in [2.75, 3.05) is 13.2 Å². The minimum atomic E-state index is -1.81. The molecule has 0 unspecified atom stereocenters. The molecule has 0 bridgehead atoms. The summed E-state index contributed by atoms with van der Waals surface area (Å²) in [5.74, 6) is -1.68. The fourth-order valence-electron chi connectivity index (χ4n) is 1.05. The third-order valence-corrected chi connectivity index (χ3v) is 1.97. The Morgan fingerprint density at radius 2 is 1.53 bits per heavy atom. The Morgan fingerprint density at radius 3 is 1.73 bits per heavy atom. The highest BCUT2D eigenvalue weighted by Gasteiger charge is 2.48. The third-order valence-electron chi connectivity index (χ3n) is 1.97. The SMILES string of the molecule is CCOC(=O)C(C#N)(CC)C(=O)OCC. The van der Waals surface area contributed by atoms with E-state index in [9.17, 15) is 9.59 Å². The highest BCUT2D eigenvalue weighted by atomic mass is 16.6. The molecule has 0 saturated heterocycles. The smallest absolute Gasteiger partial charge is 0.338 e. The van der Waals surface area contributed by atoms with Crippen LogP contribution in [0.2, 0.25) is 0 Å². The molecule has 0 aliphatic heterocycles. The van der Waals surface area contributed by atoms with Crippen LogP contribution in [0.3, 0.4) is 0 Å². The first-order chi connectivity index (χ1) is 7.08.